The maximum atomic E-state index is 12.3. The molecule has 12 heteroatoms. The van der Waals surface area contributed by atoms with E-state index < -0.39 is 31.4 Å². The molecule has 0 amide bonds. The minimum atomic E-state index is -1.02. The predicted molar refractivity (Wildman–Crippen MR) is 153 cm³/mol. The molecule has 224 valence electrons. The summed E-state index contributed by atoms with van der Waals surface area (Å²) in [6.07, 6.45) is 0.558. The van der Waals surface area contributed by atoms with Crippen molar-refractivity contribution in [1.29, 1.82) is 0 Å². The lowest BCUT2D eigenvalue weighted by atomic mass is 9.70. The molecule has 0 spiro atoms. The molecule has 0 aliphatic heterocycles. The summed E-state index contributed by atoms with van der Waals surface area (Å²) in [7, 11) is 5.29. The fourth-order valence-electron chi connectivity index (χ4n) is 3.25. The summed E-state index contributed by atoms with van der Waals surface area (Å²) in [5.74, 6) is -1.50. The molecular weight excluding hydrogens is 632 g/mol. The summed E-state index contributed by atoms with van der Waals surface area (Å²) in [6.45, 7) is 16.1. The Hall–Kier alpha value is -1.95. The summed E-state index contributed by atoms with van der Waals surface area (Å²) in [5, 5.41) is 0. The van der Waals surface area contributed by atoms with Crippen LogP contribution in [0.2, 0.25) is 0 Å². The van der Waals surface area contributed by atoms with Crippen LogP contribution in [0.4, 0.5) is 0 Å². The minimum Gasteiger partial charge on any atom is -0.469 e. The average Bonchev–Trinajstić information content (AvgIpc) is 2.79. The summed E-state index contributed by atoms with van der Waals surface area (Å²) >= 11 is 6.46. The highest BCUT2D eigenvalue weighted by Gasteiger charge is 2.47. The topological polar surface area (TPSA) is 132 Å². The third kappa shape index (κ3) is 18.3. The van der Waals surface area contributed by atoms with E-state index in [4.69, 9.17) is 14.2 Å². The van der Waals surface area contributed by atoms with Crippen molar-refractivity contribution in [1.82, 2.24) is 0 Å². The van der Waals surface area contributed by atoms with Gasteiger partial charge in [0.25, 0.3) is 6.47 Å². The van der Waals surface area contributed by atoms with Gasteiger partial charge in [-0.3, -0.25) is 19.2 Å². The van der Waals surface area contributed by atoms with E-state index in [-0.39, 0.29) is 32.4 Å². The molecule has 0 aromatic rings. The van der Waals surface area contributed by atoms with Crippen molar-refractivity contribution in [3.63, 3.8) is 0 Å². The Morgan fingerprint density at radius 3 is 1.42 bits per heavy atom. The molecule has 0 aromatic carbocycles. The number of ether oxygens (including phenoxy) is 5. The van der Waals surface area contributed by atoms with Gasteiger partial charge in [-0.2, -0.15) is 0 Å². The Morgan fingerprint density at radius 1 is 0.763 bits per heavy atom. The van der Waals surface area contributed by atoms with E-state index in [1.165, 1.54) is 28.4 Å². The second-order valence-corrected chi connectivity index (χ2v) is 13.6. The van der Waals surface area contributed by atoms with Crippen LogP contribution in [-0.2, 0) is 47.7 Å². The molecule has 2 atom stereocenters. The number of hydrogen-bond acceptors (Lipinski definition) is 10. The standard InChI is InChI=1S/C15H25BrO6.C5H9BrO2.C5H8O2.CH4/c1-13(2,9-22-10-17)7-14(3,11(18)20-5)8-15(4,16)12(19)21-6;1-5(2,6)4(7)8-3;1-4(2)5(6)7-3;/h10H,7-9H2,1-6H3;1-3H3;1H2,2-3H3;1H4. The summed E-state index contributed by atoms with van der Waals surface area (Å²) in [6, 6.07) is 0. The van der Waals surface area contributed by atoms with Gasteiger partial charge in [0.15, 0.2) is 0 Å². The van der Waals surface area contributed by atoms with Crippen molar-refractivity contribution < 1.29 is 47.7 Å². The molecule has 2 unspecified atom stereocenters. The smallest absolute Gasteiger partial charge is 0.332 e. The van der Waals surface area contributed by atoms with Gasteiger partial charge < -0.3 is 23.7 Å². The van der Waals surface area contributed by atoms with E-state index in [9.17, 15) is 24.0 Å². The quantitative estimate of drug-likeness (QED) is 0.0948. The monoisotopic (exact) mass is 676 g/mol. The molecule has 0 saturated heterocycles. The summed E-state index contributed by atoms with van der Waals surface area (Å²) in [5.41, 5.74) is -0.970. The molecule has 38 heavy (non-hydrogen) atoms. The summed E-state index contributed by atoms with van der Waals surface area (Å²) < 4.78 is 21.6. The molecule has 0 N–H and O–H groups in total. The van der Waals surface area contributed by atoms with Gasteiger partial charge in [0.05, 0.1) is 40.5 Å². The summed E-state index contributed by atoms with van der Waals surface area (Å²) in [4.78, 5) is 55.3. The Kier molecular flexibility index (Phi) is 21.7. The Labute approximate surface area is 244 Å². The van der Waals surface area contributed by atoms with Crippen LogP contribution in [-0.4, -0.2) is 74.0 Å². The molecule has 10 nitrogen and oxygen atoms in total. The lowest BCUT2D eigenvalue weighted by Crippen LogP contribution is -2.43. The number of carbonyl (C=O) groups excluding carboxylic acids is 5. The largest absolute Gasteiger partial charge is 0.469 e. The Bertz CT molecular complexity index is 785. The van der Waals surface area contributed by atoms with Crippen molar-refractivity contribution in [3.05, 3.63) is 12.2 Å². The first-order valence-corrected chi connectivity index (χ1v) is 12.6. The number of alkyl halides is 2. The zero-order chi connectivity index (χ0) is 30.3. The molecule has 0 aromatic heterocycles. The Morgan fingerprint density at radius 2 is 1.18 bits per heavy atom. The van der Waals surface area contributed by atoms with Crippen LogP contribution < -0.4 is 0 Å². The molecule has 0 radical (unpaired) electrons. The normalized spacial score (nSPS) is 13.5. The average molecular weight is 678 g/mol. The Balaban J connectivity index is -0.000000296. The van der Waals surface area contributed by atoms with E-state index in [1.54, 1.807) is 34.6 Å². The molecule has 0 heterocycles. The second-order valence-electron chi connectivity index (χ2n) is 9.90. The van der Waals surface area contributed by atoms with Crippen molar-refractivity contribution in [2.24, 2.45) is 10.8 Å². The fraction of sp³-hybridized carbons (Fsp3) is 0.731. The van der Waals surface area contributed by atoms with E-state index >= 15 is 0 Å². The number of halogens is 2. The molecule has 0 bridgehead atoms. The third-order valence-corrected chi connectivity index (χ3v) is 5.55. The highest BCUT2D eigenvalue weighted by molar-refractivity contribution is 9.10. The van der Waals surface area contributed by atoms with Crippen LogP contribution in [0.3, 0.4) is 0 Å². The number of rotatable bonds is 11. The van der Waals surface area contributed by atoms with Gasteiger partial charge in [0.2, 0.25) is 0 Å². The van der Waals surface area contributed by atoms with Gasteiger partial charge >= 0.3 is 23.9 Å². The lowest BCUT2D eigenvalue weighted by molar-refractivity contribution is -0.157. The fourth-order valence-corrected chi connectivity index (χ4v) is 4.20. The third-order valence-electron chi connectivity index (χ3n) is 4.63. The zero-order valence-corrected chi connectivity index (χ0v) is 26.9. The first kappa shape index (κ1) is 43.1. The van der Waals surface area contributed by atoms with Gasteiger partial charge in [0, 0.05) is 11.0 Å². The van der Waals surface area contributed by atoms with Crippen LogP contribution in [0.5, 0.6) is 0 Å². The van der Waals surface area contributed by atoms with E-state index in [2.05, 4.69) is 47.9 Å². The van der Waals surface area contributed by atoms with Crippen LogP contribution in [0.15, 0.2) is 12.2 Å². The lowest BCUT2D eigenvalue weighted by Gasteiger charge is -2.38. The van der Waals surface area contributed by atoms with Crippen molar-refractivity contribution in [2.45, 2.75) is 77.4 Å². The minimum absolute atomic E-state index is 0. The zero-order valence-electron chi connectivity index (χ0n) is 23.7. The van der Waals surface area contributed by atoms with Crippen molar-refractivity contribution in [3.8, 4) is 0 Å². The highest BCUT2D eigenvalue weighted by atomic mass is 79.9. The van der Waals surface area contributed by atoms with Gasteiger partial charge in [0.1, 0.15) is 8.65 Å². The second kappa shape index (κ2) is 19.2. The van der Waals surface area contributed by atoms with Crippen LogP contribution in [0.1, 0.15) is 68.7 Å². The van der Waals surface area contributed by atoms with Gasteiger partial charge in [-0.25, -0.2) is 4.79 Å². The molecule has 0 fully saturated rings. The first-order valence-electron chi connectivity index (χ1n) is 11.0. The molecular formula is C26H46Br2O10. The van der Waals surface area contributed by atoms with Crippen molar-refractivity contribution >= 4 is 62.2 Å². The predicted octanol–water partition coefficient (Wildman–Crippen LogP) is 5.18. The van der Waals surface area contributed by atoms with E-state index in [1.807, 2.05) is 13.8 Å². The maximum Gasteiger partial charge on any atom is 0.332 e. The number of hydrogen-bond donors (Lipinski definition) is 0. The number of esters is 4. The molecule has 0 aliphatic rings. The first-order chi connectivity index (χ1) is 16.6. The SMILES string of the molecule is C.C=C(C)C(=O)OC.COC(=O)C(C)(Br)CC(C)(CC(C)(C)COC=O)C(=O)OC.COC(=O)C(C)(C)Br. The number of carbonyl (C=O) groups is 5. The van der Waals surface area contributed by atoms with Gasteiger partial charge in [-0.1, -0.05) is 59.7 Å². The van der Waals surface area contributed by atoms with E-state index in [0.717, 1.165) is 0 Å². The number of methoxy groups -OCH3 is 4. The van der Waals surface area contributed by atoms with Crippen molar-refractivity contribution in [2.75, 3.05) is 35.0 Å². The van der Waals surface area contributed by atoms with E-state index in [0.29, 0.717) is 18.5 Å². The molecule has 0 aliphatic carbocycles. The highest BCUT2D eigenvalue weighted by Crippen LogP contribution is 2.43. The van der Waals surface area contributed by atoms with Gasteiger partial charge in [-0.15, -0.1) is 0 Å². The molecule has 0 saturated carbocycles. The molecule has 0 rings (SSSR count). The van der Waals surface area contributed by atoms with Gasteiger partial charge in [-0.05, 0) is 47.5 Å². The maximum absolute atomic E-state index is 12.3. The van der Waals surface area contributed by atoms with Crippen LogP contribution in [0.25, 0.3) is 0 Å². The van der Waals surface area contributed by atoms with Crippen LogP contribution >= 0.6 is 31.9 Å². The van der Waals surface area contributed by atoms with Crippen LogP contribution in [0, 0.1) is 10.8 Å².